The zero-order valence-electron chi connectivity index (χ0n) is 13.1. The van der Waals surface area contributed by atoms with Crippen LogP contribution in [-0.4, -0.2) is 34.2 Å². The monoisotopic (exact) mass is 386 g/mol. The summed E-state index contributed by atoms with van der Waals surface area (Å²) in [6.07, 6.45) is 0. The summed E-state index contributed by atoms with van der Waals surface area (Å²) in [4.78, 5) is 14.0. The van der Waals surface area contributed by atoms with E-state index in [0.29, 0.717) is 21.4 Å². The Labute approximate surface area is 151 Å². The van der Waals surface area contributed by atoms with Crippen molar-refractivity contribution in [3.63, 3.8) is 0 Å². The first-order valence-electron chi connectivity index (χ1n) is 6.95. The number of para-hydroxylation sites is 1. The Balaban J connectivity index is 2.20. The summed E-state index contributed by atoms with van der Waals surface area (Å²) in [5, 5.41) is 3.48. The molecule has 128 valence electrons. The summed E-state index contributed by atoms with van der Waals surface area (Å²) in [6, 6.07) is 10.7. The molecular formula is C16H16Cl2N2O3S. The molecular weight excluding hydrogens is 371 g/mol. The standard InChI is InChI=1S/C16H16Cl2N2O3S/c1-20(2)16-13(18)4-3-5-14(16)19-15(21)10-24(22,23)12-8-6-11(17)7-9-12/h3-9H,10H2,1-2H3,(H,19,21). The van der Waals surface area contributed by atoms with E-state index in [0.717, 1.165) is 0 Å². The highest BCUT2D eigenvalue weighted by molar-refractivity contribution is 7.92. The second kappa shape index (κ2) is 7.42. The van der Waals surface area contributed by atoms with Crippen molar-refractivity contribution in [2.45, 2.75) is 4.90 Å². The van der Waals surface area contributed by atoms with E-state index < -0.39 is 21.5 Å². The molecule has 2 rings (SSSR count). The Hall–Kier alpha value is -1.76. The molecule has 0 unspecified atom stereocenters. The van der Waals surface area contributed by atoms with E-state index in [9.17, 15) is 13.2 Å². The molecule has 0 saturated heterocycles. The zero-order chi connectivity index (χ0) is 17.9. The van der Waals surface area contributed by atoms with Crippen molar-refractivity contribution in [3.8, 4) is 0 Å². The fourth-order valence-corrected chi connectivity index (χ4v) is 3.76. The lowest BCUT2D eigenvalue weighted by Crippen LogP contribution is -2.24. The van der Waals surface area contributed by atoms with E-state index in [1.54, 1.807) is 37.2 Å². The van der Waals surface area contributed by atoms with Crippen LogP contribution in [0.5, 0.6) is 0 Å². The van der Waals surface area contributed by atoms with Crippen LogP contribution < -0.4 is 10.2 Å². The average molecular weight is 387 g/mol. The Morgan fingerprint density at radius 3 is 2.29 bits per heavy atom. The molecule has 0 saturated carbocycles. The first-order valence-corrected chi connectivity index (χ1v) is 9.35. The predicted molar refractivity (Wildman–Crippen MR) is 97.9 cm³/mol. The molecule has 0 aromatic heterocycles. The number of carbonyl (C=O) groups is 1. The maximum absolute atomic E-state index is 12.3. The summed E-state index contributed by atoms with van der Waals surface area (Å²) in [5.41, 5.74) is 1.06. The first-order chi connectivity index (χ1) is 11.2. The van der Waals surface area contributed by atoms with Crippen LogP contribution in [0, 0.1) is 0 Å². The highest BCUT2D eigenvalue weighted by atomic mass is 35.5. The molecule has 8 heteroatoms. The number of hydrogen-bond donors (Lipinski definition) is 1. The number of rotatable bonds is 5. The van der Waals surface area contributed by atoms with Gasteiger partial charge in [0.1, 0.15) is 5.75 Å². The largest absolute Gasteiger partial charge is 0.375 e. The average Bonchev–Trinajstić information content (AvgIpc) is 2.46. The number of nitrogens with zero attached hydrogens (tertiary/aromatic N) is 1. The molecule has 24 heavy (non-hydrogen) atoms. The van der Waals surface area contributed by atoms with Gasteiger partial charge in [-0.3, -0.25) is 4.79 Å². The van der Waals surface area contributed by atoms with Crippen LogP contribution in [-0.2, 0) is 14.6 Å². The molecule has 0 atom stereocenters. The van der Waals surface area contributed by atoms with Gasteiger partial charge in [0.05, 0.1) is 21.3 Å². The molecule has 0 aliphatic carbocycles. The molecule has 5 nitrogen and oxygen atoms in total. The van der Waals surface area contributed by atoms with E-state index in [4.69, 9.17) is 23.2 Å². The van der Waals surface area contributed by atoms with Crippen molar-refractivity contribution < 1.29 is 13.2 Å². The number of benzene rings is 2. The van der Waals surface area contributed by atoms with Crippen LogP contribution in [0.25, 0.3) is 0 Å². The molecule has 0 radical (unpaired) electrons. The van der Waals surface area contributed by atoms with Crippen molar-refractivity contribution in [2.75, 3.05) is 30.1 Å². The van der Waals surface area contributed by atoms with Gasteiger partial charge in [-0.15, -0.1) is 0 Å². The Morgan fingerprint density at radius 2 is 1.71 bits per heavy atom. The van der Waals surface area contributed by atoms with E-state index >= 15 is 0 Å². The van der Waals surface area contributed by atoms with Crippen LogP contribution in [0.4, 0.5) is 11.4 Å². The van der Waals surface area contributed by atoms with Gasteiger partial charge in [-0.1, -0.05) is 29.3 Å². The van der Waals surface area contributed by atoms with Crippen molar-refractivity contribution >= 4 is 50.3 Å². The van der Waals surface area contributed by atoms with Crippen molar-refractivity contribution in [2.24, 2.45) is 0 Å². The number of nitrogens with one attached hydrogen (secondary N) is 1. The van der Waals surface area contributed by atoms with Gasteiger partial charge in [-0.2, -0.15) is 0 Å². The second-order valence-electron chi connectivity index (χ2n) is 5.29. The number of halogens is 2. The molecule has 0 fully saturated rings. The quantitative estimate of drug-likeness (QED) is 0.853. The highest BCUT2D eigenvalue weighted by Gasteiger charge is 2.20. The van der Waals surface area contributed by atoms with Gasteiger partial charge < -0.3 is 10.2 Å². The topological polar surface area (TPSA) is 66.5 Å². The van der Waals surface area contributed by atoms with E-state index in [-0.39, 0.29) is 4.90 Å². The van der Waals surface area contributed by atoms with Gasteiger partial charge in [-0.25, -0.2) is 8.42 Å². The summed E-state index contributed by atoms with van der Waals surface area (Å²) < 4.78 is 24.6. The number of anilines is 2. The number of hydrogen-bond acceptors (Lipinski definition) is 4. The van der Waals surface area contributed by atoms with Crippen LogP contribution in [0.3, 0.4) is 0 Å². The first kappa shape index (κ1) is 18.6. The maximum atomic E-state index is 12.3. The lowest BCUT2D eigenvalue weighted by atomic mass is 10.2. The van der Waals surface area contributed by atoms with Gasteiger partial charge in [0.15, 0.2) is 9.84 Å². The summed E-state index contributed by atoms with van der Waals surface area (Å²) >= 11 is 11.9. The van der Waals surface area contributed by atoms with Crippen molar-refractivity contribution in [1.29, 1.82) is 0 Å². The summed E-state index contributed by atoms with van der Waals surface area (Å²) in [6.45, 7) is 0. The van der Waals surface area contributed by atoms with Crippen molar-refractivity contribution in [1.82, 2.24) is 0 Å². The Bertz CT molecular complexity index is 850. The number of sulfone groups is 1. The second-order valence-corrected chi connectivity index (χ2v) is 8.12. The molecule has 0 aliphatic rings. The maximum Gasteiger partial charge on any atom is 0.240 e. The van der Waals surface area contributed by atoms with E-state index in [2.05, 4.69) is 5.32 Å². The third-order valence-corrected chi connectivity index (χ3v) is 5.39. The molecule has 0 bridgehead atoms. The molecule has 1 N–H and O–H groups in total. The minimum absolute atomic E-state index is 0.0426. The lowest BCUT2D eigenvalue weighted by Gasteiger charge is -2.19. The van der Waals surface area contributed by atoms with E-state index in [1.807, 2.05) is 0 Å². The normalized spacial score (nSPS) is 11.2. The Kier molecular flexibility index (Phi) is 5.74. The molecule has 1 amide bonds. The van der Waals surface area contributed by atoms with Crippen LogP contribution in [0.1, 0.15) is 0 Å². The fraction of sp³-hybridized carbons (Fsp3) is 0.188. The molecule has 0 aliphatic heterocycles. The van der Waals surface area contributed by atoms with Crippen LogP contribution >= 0.6 is 23.2 Å². The number of carbonyl (C=O) groups excluding carboxylic acids is 1. The SMILES string of the molecule is CN(C)c1c(Cl)cccc1NC(=O)CS(=O)(=O)c1ccc(Cl)cc1. The minimum Gasteiger partial charge on any atom is -0.375 e. The van der Waals surface area contributed by atoms with Gasteiger partial charge >= 0.3 is 0 Å². The third kappa shape index (κ3) is 4.41. The highest BCUT2D eigenvalue weighted by Crippen LogP contribution is 2.32. The fourth-order valence-electron chi connectivity index (χ4n) is 2.15. The van der Waals surface area contributed by atoms with Gasteiger partial charge in [-0.05, 0) is 36.4 Å². The Morgan fingerprint density at radius 1 is 1.08 bits per heavy atom. The van der Waals surface area contributed by atoms with Crippen LogP contribution in [0.15, 0.2) is 47.4 Å². The predicted octanol–water partition coefficient (Wildman–Crippen LogP) is 3.47. The summed E-state index contributed by atoms with van der Waals surface area (Å²) in [7, 11) is -0.199. The third-order valence-electron chi connectivity index (χ3n) is 3.20. The molecule has 0 spiro atoms. The minimum atomic E-state index is -3.76. The zero-order valence-corrected chi connectivity index (χ0v) is 15.4. The van der Waals surface area contributed by atoms with Crippen LogP contribution in [0.2, 0.25) is 10.0 Å². The van der Waals surface area contributed by atoms with Gasteiger partial charge in [0.25, 0.3) is 0 Å². The van der Waals surface area contributed by atoms with Gasteiger partial charge in [0.2, 0.25) is 5.91 Å². The van der Waals surface area contributed by atoms with Crippen molar-refractivity contribution in [3.05, 3.63) is 52.5 Å². The van der Waals surface area contributed by atoms with E-state index in [1.165, 1.54) is 24.3 Å². The number of amides is 1. The van der Waals surface area contributed by atoms with Gasteiger partial charge in [0, 0.05) is 19.1 Å². The molecule has 2 aromatic carbocycles. The summed E-state index contributed by atoms with van der Waals surface area (Å²) in [5.74, 6) is -1.32. The smallest absolute Gasteiger partial charge is 0.240 e. The molecule has 0 heterocycles. The molecule has 2 aromatic rings. The lowest BCUT2D eigenvalue weighted by molar-refractivity contribution is -0.113.